The minimum atomic E-state index is -0.319. The van der Waals surface area contributed by atoms with E-state index in [4.69, 9.17) is 26.1 Å². The highest BCUT2D eigenvalue weighted by Gasteiger charge is 2.26. The summed E-state index contributed by atoms with van der Waals surface area (Å²) in [4.78, 5) is 36.0. The van der Waals surface area contributed by atoms with Gasteiger partial charge in [-0.25, -0.2) is 4.98 Å². The van der Waals surface area contributed by atoms with Gasteiger partial charge in [-0.05, 0) is 51.5 Å². The predicted molar refractivity (Wildman–Crippen MR) is 145 cm³/mol. The predicted octanol–water partition coefficient (Wildman–Crippen LogP) is 3.90. The van der Waals surface area contributed by atoms with Crippen LogP contribution in [0.5, 0.6) is 5.75 Å². The number of nitrogens with zero attached hydrogens (tertiary/aromatic N) is 4. The van der Waals surface area contributed by atoms with E-state index in [1.165, 1.54) is 7.05 Å². The summed E-state index contributed by atoms with van der Waals surface area (Å²) < 4.78 is 13.2. The van der Waals surface area contributed by atoms with Crippen molar-refractivity contribution in [2.45, 2.75) is 52.4 Å². The quantitative estimate of drug-likeness (QED) is 0.453. The van der Waals surface area contributed by atoms with Gasteiger partial charge in [0.05, 0.1) is 23.9 Å². The number of fused-ring (bicyclic) bond motifs is 1. The first-order chi connectivity index (χ1) is 17.7. The third kappa shape index (κ3) is 5.97. The lowest BCUT2D eigenvalue weighted by Gasteiger charge is -2.36. The Morgan fingerprint density at radius 3 is 2.78 bits per heavy atom. The zero-order chi connectivity index (χ0) is 26.7. The van der Waals surface area contributed by atoms with Crippen LogP contribution in [0, 0.1) is 0 Å². The normalized spacial score (nSPS) is 17.8. The number of amides is 1. The Balaban J connectivity index is 1.66. The standard InChI is InChI=1S/C26H33ClN6O4/c1-6-19-13-32(12-16(4)37-19)26-29-11-20(27)24(31-26)30-18-7-8-21-17(9-18)10-22(36-14-23(34)28-5)25(35)33(21)15(2)3/h7-11,15-16,19H,6,12-14H2,1-5H3,(H,28,34)(H,29,30,31)/t16-,19?/m0/s1. The summed E-state index contributed by atoms with van der Waals surface area (Å²) in [7, 11) is 1.52. The number of ether oxygens (including phenoxy) is 2. The number of anilines is 3. The average Bonchev–Trinajstić information content (AvgIpc) is 2.87. The van der Waals surface area contributed by atoms with Gasteiger partial charge in [0.1, 0.15) is 5.02 Å². The first kappa shape index (κ1) is 26.7. The Morgan fingerprint density at radius 2 is 2.08 bits per heavy atom. The molecule has 37 heavy (non-hydrogen) atoms. The van der Waals surface area contributed by atoms with Crippen LogP contribution in [-0.4, -0.2) is 59.4 Å². The molecule has 1 amide bonds. The van der Waals surface area contributed by atoms with Crippen LogP contribution in [0.4, 0.5) is 17.5 Å². The largest absolute Gasteiger partial charge is 0.478 e. The number of rotatable bonds is 8. The molecule has 10 nitrogen and oxygen atoms in total. The van der Waals surface area contributed by atoms with E-state index in [1.54, 1.807) is 16.8 Å². The summed E-state index contributed by atoms with van der Waals surface area (Å²) in [6.45, 7) is 9.15. The van der Waals surface area contributed by atoms with Crippen molar-refractivity contribution >= 4 is 45.9 Å². The van der Waals surface area contributed by atoms with Gasteiger partial charge in [-0.2, -0.15) is 4.98 Å². The molecule has 2 atom stereocenters. The molecule has 3 aromatic rings. The minimum Gasteiger partial charge on any atom is -0.478 e. The van der Waals surface area contributed by atoms with E-state index < -0.39 is 0 Å². The first-order valence-electron chi connectivity index (χ1n) is 12.4. The van der Waals surface area contributed by atoms with Gasteiger partial charge in [0.2, 0.25) is 5.95 Å². The van der Waals surface area contributed by atoms with Gasteiger partial charge >= 0.3 is 0 Å². The number of morpholine rings is 1. The summed E-state index contributed by atoms with van der Waals surface area (Å²) in [5, 5.41) is 6.93. The number of halogens is 1. The lowest BCUT2D eigenvalue weighted by molar-refractivity contribution is -0.122. The zero-order valence-electron chi connectivity index (χ0n) is 21.7. The second kappa shape index (κ2) is 11.4. The molecular weight excluding hydrogens is 496 g/mol. The monoisotopic (exact) mass is 528 g/mol. The van der Waals surface area contributed by atoms with Crippen LogP contribution in [-0.2, 0) is 9.53 Å². The molecule has 0 radical (unpaired) electrons. The van der Waals surface area contributed by atoms with E-state index in [-0.39, 0.29) is 42.1 Å². The lowest BCUT2D eigenvalue weighted by Crippen LogP contribution is -2.47. The zero-order valence-corrected chi connectivity index (χ0v) is 22.5. The van der Waals surface area contributed by atoms with Gasteiger partial charge < -0.3 is 29.6 Å². The van der Waals surface area contributed by atoms with Crippen molar-refractivity contribution in [3.8, 4) is 5.75 Å². The first-order valence-corrected chi connectivity index (χ1v) is 12.8. The molecular formula is C26H33ClN6O4. The van der Waals surface area contributed by atoms with Crippen LogP contribution in [0.1, 0.15) is 40.2 Å². The highest BCUT2D eigenvalue weighted by atomic mass is 35.5. The summed E-state index contributed by atoms with van der Waals surface area (Å²) in [5.74, 6) is 0.850. The summed E-state index contributed by atoms with van der Waals surface area (Å²) in [5.41, 5.74) is 1.19. The molecule has 1 unspecified atom stereocenters. The van der Waals surface area contributed by atoms with E-state index in [9.17, 15) is 9.59 Å². The molecule has 11 heteroatoms. The van der Waals surface area contributed by atoms with Gasteiger partial charge in [-0.3, -0.25) is 9.59 Å². The van der Waals surface area contributed by atoms with Crippen LogP contribution in [0.25, 0.3) is 10.9 Å². The number of pyridine rings is 1. The SMILES string of the molecule is CCC1CN(c2ncc(Cl)c(Nc3ccc4c(c3)cc(OCC(=O)NC)c(=O)n4C(C)C)n2)C[C@H](C)O1. The Hall–Kier alpha value is -3.37. The molecule has 2 aromatic heterocycles. The second-order valence-electron chi connectivity index (χ2n) is 9.39. The van der Waals surface area contributed by atoms with Crippen LogP contribution in [0.2, 0.25) is 5.02 Å². The number of hydrogen-bond donors (Lipinski definition) is 2. The molecule has 2 N–H and O–H groups in total. The molecule has 198 valence electrons. The maximum atomic E-state index is 13.0. The highest BCUT2D eigenvalue weighted by Crippen LogP contribution is 2.29. The molecule has 0 spiro atoms. The van der Waals surface area contributed by atoms with Crippen molar-refractivity contribution in [1.82, 2.24) is 19.9 Å². The van der Waals surface area contributed by atoms with E-state index in [1.807, 2.05) is 39.0 Å². The van der Waals surface area contributed by atoms with Crippen molar-refractivity contribution in [2.24, 2.45) is 0 Å². The van der Waals surface area contributed by atoms with Crippen molar-refractivity contribution < 1.29 is 14.3 Å². The number of carbonyl (C=O) groups excluding carboxylic acids is 1. The van der Waals surface area contributed by atoms with Gasteiger partial charge in [-0.15, -0.1) is 0 Å². The van der Waals surface area contributed by atoms with Crippen molar-refractivity contribution in [1.29, 1.82) is 0 Å². The third-order valence-corrected chi connectivity index (χ3v) is 6.49. The van der Waals surface area contributed by atoms with Gasteiger partial charge in [-0.1, -0.05) is 18.5 Å². The fourth-order valence-corrected chi connectivity index (χ4v) is 4.54. The van der Waals surface area contributed by atoms with Crippen LogP contribution in [0.3, 0.4) is 0 Å². The minimum absolute atomic E-state index is 0.0771. The molecule has 1 aromatic carbocycles. The van der Waals surface area contributed by atoms with Crippen LogP contribution < -0.4 is 25.8 Å². The van der Waals surface area contributed by atoms with Crippen molar-refractivity contribution in [3.63, 3.8) is 0 Å². The number of hydrogen-bond acceptors (Lipinski definition) is 8. The molecule has 4 rings (SSSR count). The van der Waals surface area contributed by atoms with Crippen molar-refractivity contribution in [3.05, 3.63) is 45.8 Å². The smallest absolute Gasteiger partial charge is 0.293 e. The van der Waals surface area contributed by atoms with Gasteiger partial charge in [0.15, 0.2) is 18.2 Å². The molecule has 1 aliphatic heterocycles. The number of carbonyl (C=O) groups is 1. The topological polar surface area (TPSA) is 111 Å². The molecule has 1 saturated heterocycles. The molecule has 1 fully saturated rings. The summed E-state index contributed by atoms with van der Waals surface area (Å²) in [6.07, 6.45) is 2.70. The molecule has 3 heterocycles. The Morgan fingerprint density at radius 1 is 1.30 bits per heavy atom. The molecule has 0 aliphatic carbocycles. The Bertz CT molecular complexity index is 1340. The number of benzene rings is 1. The van der Waals surface area contributed by atoms with E-state index in [0.717, 1.165) is 23.0 Å². The Kier molecular flexibility index (Phi) is 8.19. The van der Waals surface area contributed by atoms with Crippen LogP contribution in [0.15, 0.2) is 35.3 Å². The van der Waals surface area contributed by atoms with E-state index in [0.29, 0.717) is 29.9 Å². The average molecular weight is 529 g/mol. The Labute approximate surface area is 220 Å². The van der Waals surface area contributed by atoms with E-state index in [2.05, 4.69) is 27.4 Å². The fourth-order valence-electron chi connectivity index (χ4n) is 4.40. The van der Waals surface area contributed by atoms with E-state index >= 15 is 0 Å². The summed E-state index contributed by atoms with van der Waals surface area (Å²) >= 11 is 6.45. The second-order valence-corrected chi connectivity index (χ2v) is 9.79. The lowest BCUT2D eigenvalue weighted by atomic mass is 10.1. The van der Waals surface area contributed by atoms with Crippen molar-refractivity contribution in [2.75, 3.05) is 37.0 Å². The summed E-state index contributed by atoms with van der Waals surface area (Å²) in [6, 6.07) is 7.17. The van der Waals surface area contributed by atoms with Crippen LogP contribution >= 0.6 is 11.6 Å². The fraction of sp³-hybridized carbons (Fsp3) is 0.462. The number of aromatic nitrogens is 3. The van der Waals surface area contributed by atoms with Gasteiger partial charge in [0.25, 0.3) is 11.5 Å². The maximum Gasteiger partial charge on any atom is 0.293 e. The molecule has 1 aliphatic rings. The van der Waals surface area contributed by atoms with Gasteiger partial charge in [0, 0.05) is 37.3 Å². The number of likely N-dealkylation sites (N-methyl/N-ethyl adjacent to an activating group) is 1. The molecule has 0 bridgehead atoms. The number of nitrogens with one attached hydrogen (secondary N) is 2. The maximum absolute atomic E-state index is 13.0. The third-order valence-electron chi connectivity index (χ3n) is 6.22. The highest BCUT2D eigenvalue weighted by molar-refractivity contribution is 6.32. The molecule has 0 saturated carbocycles.